The van der Waals surface area contributed by atoms with Gasteiger partial charge in [0.25, 0.3) is 5.70 Å². The molecule has 490 valence electrons. The summed E-state index contributed by atoms with van der Waals surface area (Å²) in [4.78, 5) is 59.7. The number of hydrogen-bond donors (Lipinski definition) is 0. The SMILES string of the molecule is [C-]#[N+]C(C(=O)OCCc1ccc(CCC(CCCCCOC(=O)c2ccc(OC(=O)c3ccc4cc(OCCCOCC5CCC6OC6C5)ccc4c3)c(F)c2)(CC/C(C#N)=C2/Oc3ccc(F)cc3S2)COC(=O)c2ccc(CCC)cc2)cc1)=C1Sc2ccccc2S1. The quantitative estimate of drug-likeness (QED) is 0.00586. The maximum Gasteiger partial charge on any atom is 0.343 e. The number of nitrogens with zero attached hydrogens (tertiary/aromatic N) is 2. The topological polar surface area (TPSA) is 174 Å². The third-order valence-corrected chi connectivity index (χ3v) is 20.9. The summed E-state index contributed by atoms with van der Waals surface area (Å²) in [5, 5.41) is 12.6. The van der Waals surface area contributed by atoms with Crippen LogP contribution in [0.2, 0.25) is 0 Å². The van der Waals surface area contributed by atoms with E-state index in [-0.39, 0.29) is 48.8 Å². The van der Waals surface area contributed by atoms with Crippen molar-refractivity contribution in [2.75, 3.05) is 39.6 Å². The van der Waals surface area contributed by atoms with Gasteiger partial charge in [-0.15, -0.1) is 0 Å². The Balaban J connectivity index is 0.698. The summed E-state index contributed by atoms with van der Waals surface area (Å²) >= 11 is 3.97. The van der Waals surface area contributed by atoms with Crippen LogP contribution in [0.1, 0.15) is 132 Å². The number of carbonyl (C=O) groups is 4. The van der Waals surface area contributed by atoms with E-state index in [0.29, 0.717) is 120 Å². The predicted octanol–water partition coefficient (Wildman–Crippen LogP) is 17.6. The first-order valence-corrected chi connectivity index (χ1v) is 34.7. The maximum absolute atomic E-state index is 15.6. The number of hydrogen-bond acceptors (Lipinski definition) is 16. The summed E-state index contributed by atoms with van der Waals surface area (Å²) in [7, 11) is 0. The van der Waals surface area contributed by atoms with Crippen LogP contribution in [0.5, 0.6) is 17.2 Å². The Hall–Kier alpha value is -8.43. The summed E-state index contributed by atoms with van der Waals surface area (Å²) in [5.74, 6) is -2.65. The molecule has 3 heterocycles. The van der Waals surface area contributed by atoms with Crippen LogP contribution in [0.4, 0.5) is 8.78 Å². The second-order valence-corrected chi connectivity index (χ2v) is 27.5. The molecule has 14 nitrogen and oxygen atoms in total. The van der Waals surface area contributed by atoms with E-state index in [2.05, 4.69) is 17.8 Å². The highest BCUT2D eigenvalue weighted by molar-refractivity contribution is 8.24. The summed E-state index contributed by atoms with van der Waals surface area (Å²) in [6.07, 6.45) is 11.3. The Labute approximate surface area is 564 Å². The molecular formula is C76H72F2N2O12S3. The third-order valence-electron chi connectivity index (χ3n) is 17.3. The average Bonchev–Trinajstić information content (AvgIpc) is 1.86. The molecule has 4 atom stereocenters. The molecule has 11 rings (SSSR count). The Morgan fingerprint density at radius 1 is 0.653 bits per heavy atom. The number of nitriles is 1. The van der Waals surface area contributed by atoms with Crippen LogP contribution in [-0.4, -0.2) is 75.7 Å². The molecule has 4 unspecified atom stereocenters. The zero-order valence-electron chi connectivity index (χ0n) is 52.7. The van der Waals surface area contributed by atoms with E-state index in [1.807, 2.05) is 78.9 Å². The summed E-state index contributed by atoms with van der Waals surface area (Å²) in [6.45, 7) is 11.8. The van der Waals surface area contributed by atoms with E-state index in [0.717, 1.165) is 88.5 Å². The van der Waals surface area contributed by atoms with Crippen LogP contribution in [0, 0.1) is 40.9 Å². The van der Waals surface area contributed by atoms with Gasteiger partial charge in [-0.2, -0.15) is 5.26 Å². The highest BCUT2D eigenvalue weighted by Crippen LogP contribution is 2.52. The number of carbonyl (C=O) groups excluding carboxylic acids is 4. The van der Waals surface area contributed by atoms with Crippen molar-refractivity contribution in [1.82, 2.24) is 0 Å². The van der Waals surface area contributed by atoms with Gasteiger partial charge in [0.1, 0.15) is 17.3 Å². The van der Waals surface area contributed by atoms with E-state index in [4.69, 9.17) is 44.5 Å². The zero-order valence-corrected chi connectivity index (χ0v) is 55.2. The number of rotatable bonds is 31. The predicted molar refractivity (Wildman–Crippen MR) is 360 cm³/mol. The molecule has 95 heavy (non-hydrogen) atoms. The second kappa shape index (κ2) is 32.8. The van der Waals surface area contributed by atoms with Gasteiger partial charge >= 0.3 is 23.9 Å². The van der Waals surface area contributed by atoms with Crippen LogP contribution < -0.4 is 14.2 Å². The molecule has 19 heteroatoms. The van der Waals surface area contributed by atoms with Gasteiger partial charge in [0.15, 0.2) is 16.7 Å². The second-order valence-electron chi connectivity index (χ2n) is 24.2. The van der Waals surface area contributed by atoms with Gasteiger partial charge in [-0.05, 0) is 194 Å². The zero-order chi connectivity index (χ0) is 66.1. The number of fused-ring (bicyclic) bond motifs is 4. The van der Waals surface area contributed by atoms with Crippen LogP contribution in [-0.2, 0) is 47.7 Å². The van der Waals surface area contributed by atoms with Gasteiger partial charge in [0.2, 0.25) is 0 Å². The van der Waals surface area contributed by atoms with E-state index in [1.54, 1.807) is 30.3 Å². The van der Waals surface area contributed by atoms with Gasteiger partial charge in [0, 0.05) is 41.3 Å². The van der Waals surface area contributed by atoms with E-state index < -0.39 is 40.9 Å². The molecule has 2 fully saturated rings. The molecule has 0 N–H and O–H groups in total. The van der Waals surface area contributed by atoms with E-state index >= 15 is 4.39 Å². The number of halogens is 2. The molecule has 1 saturated carbocycles. The Bertz CT molecular complexity index is 4060. The molecule has 0 radical (unpaired) electrons. The van der Waals surface area contributed by atoms with E-state index in [9.17, 15) is 28.8 Å². The van der Waals surface area contributed by atoms with Gasteiger partial charge in [-0.1, -0.05) is 110 Å². The van der Waals surface area contributed by atoms with Crippen molar-refractivity contribution in [3.05, 3.63) is 223 Å². The molecule has 0 spiro atoms. The lowest BCUT2D eigenvalue weighted by Crippen LogP contribution is -2.30. The number of benzene rings is 7. The molecule has 3 aliphatic heterocycles. The Morgan fingerprint density at radius 3 is 2.13 bits per heavy atom. The first-order chi connectivity index (χ1) is 46.3. The molecule has 0 amide bonds. The molecule has 1 saturated heterocycles. The van der Waals surface area contributed by atoms with Gasteiger partial charge < -0.3 is 37.9 Å². The minimum atomic E-state index is -0.915. The third kappa shape index (κ3) is 18.5. The number of epoxide rings is 1. The summed E-state index contributed by atoms with van der Waals surface area (Å²) in [5.41, 5.74) is 3.23. The minimum absolute atomic E-state index is 0.0194. The number of thioether (sulfide) groups is 3. The fraction of sp³-hybridized carbons (Fsp3) is 0.342. The Kier molecular flexibility index (Phi) is 23.5. The van der Waals surface area contributed by atoms with Crippen molar-refractivity contribution in [2.45, 2.75) is 130 Å². The van der Waals surface area contributed by atoms with Gasteiger partial charge in [-0.25, -0.2) is 28.0 Å². The first kappa shape index (κ1) is 68.0. The lowest BCUT2D eigenvalue weighted by atomic mass is 9.74. The molecule has 1 aliphatic carbocycles. The van der Waals surface area contributed by atoms with Crippen LogP contribution in [0.25, 0.3) is 15.6 Å². The maximum atomic E-state index is 15.6. The number of ether oxygens (including phenoxy) is 8. The fourth-order valence-corrected chi connectivity index (χ4v) is 15.3. The lowest BCUT2D eigenvalue weighted by Gasteiger charge is -2.34. The highest BCUT2D eigenvalue weighted by Gasteiger charge is 2.44. The fourth-order valence-electron chi connectivity index (χ4n) is 11.9. The molecule has 4 aliphatic rings. The summed E-state index contributed by atoms with van der Waals surface area (Å²) < 4.78 is 77.0. The number of esters is 4. The normalized spacial score (nSPS) is 17.0. The van der Waals surface area contributed by atoms with Gasteiger partial charge in [-0.3, -0.25) is 4.79 Å². The minimum Gasteiger partial charge on any atom is -0.493 e. The number of allylic oxidation sites excluding steroid dienone is 1. The average molecular weight is 1340 g/mol. The summed E-state index contributed by atoms with van der Waals surface area (Å²) in [6, 6.07) is 43.8. The molecular weight excluding hydrogens is 1270 g/mol. The lowest BCUT2D eigenvalue weighted by molar-refractivity contribution is -0.138. The van der Waals surface area contributed by atoms with Crippen LogP contribution in [0.3, 0.4) is 0 Å². The van der Waals surface area contributed by atoms with Crippen molar-refractivity contribution in [3.8, 4) is 23.3 Å². The van der Waals surface area contributed by atoms with Crippen LogP contribution >= 0.6 is 35.3 Å². The highest BCUT2D eigenvalue weighted by atomic mass is 32.2. The van der Waals surface area contributed by atoms with Crippen molar-refractivity contribution in [1.29, 1.82) is 5.26 Å². The van der Waals surface area contributed by atoms with Crippen molar-refractivity contribution < 1.29 is 65.9 Å². The smallest absolute Gasteiger partial charge is 0.343 e. The van der Waals surface area contributed by atoms with Crippen molar-refractivity contribution in [2.24, 2.45) is 11.3 Å². The Morgan fingerprint density at radius 2 is 1.37 bits per heavy atom. The largest absolute Gasteiger partial charge is 0.493 e. The standard InChI is InChI=1S/C76H72F2N2O12S3/c1-3-10-49-17-20-53(21-18-49)70(81)89-48-76(36-32-58(46-79)74-92-64-30-26-59(77)45-68(64)93-74,35-31-50-13-15-51(16-14-50)33-40-88-73(84)69(80-2)75-94-66-11-5-6-12-67(66)95-75)34-7-4-8-38-87-71(82)57-25-29-62(61(78)44-57)91-72(83)56-23-22-55-43-60(27-24-54(55)42-56)86-39-9-37-85-47-52-19-28-63-65(41-52)90-63/h5-6,11-18,20-27,29-30,42-45,52,63,65H,3-4,7-10,19,28,31-41,47-48H2,1H3/b74-58+. The number of aryl methyl sites for hydroxylation is 2. The monoisotopic (exact) mass is 1340 g/mol. The molecule has 0 aromatic heterocycles. The van der Waals surface area contributed by atoms with Crippen LogP contribution in [0.15, 0.2) is 181 Å². The van der Waals surface area contributed by atoms with Crippen molar-refractivity contribution >= 4 is 69.9 Å². The molecule has 0 bridgehead atoms. The molecule has 7 aromatic rings. The molecule has 7 aromatic carbocycles. The van der Waals surface area contributed by atoms with Gasteiger partial charge in [0.05, 0.1) is 82.7 Å². The van der Waals surface area contributed by atoms with E-state index in [1.165, 1.54) is 65.6 Å². The first-order valence-electron chi connectivity index (χ1n) is 32.3. The number of unbranched alkanes of at least 4 members (excludes halogenated alkanes) is 2. The van der Waals surface area contributed by atoms with Crippen molar-refractivity contribution in [3.63, 3.8) is 0 Å².